The van der Waals surface area contributed by atoms with E-state index in [9.17, 15) is 35.7 Å². The van der Waals surface area contributed by atoms with Crippen LogP contribution in [0.5, 0.6) is 0 Å². The molecular weight excluding hydrogens is 420 g/mol. The van der Waals surface area contributed by atoms with Crippen LogP contribution in [0.25, 0.3) is 0 Å². The lowest BCUT2D eigenvalue weighted by Gasteiger charge is -2.47. The molecule has 1 saturated carbocycles. The van der Waals surface area contributed by atoms with Crippen LogP contribution in [-0.2, 0) is 18.9 Å². The van der Waals surface area contributed by atoms with Gasteiger partial charge in [0.1, 0.15) is 48.8 Å². The molecule has 1 aliphatic carbocycles. The molecule has 13 nitrogen and oxygen atoms in total. The van der Waals surface area contributed by atoms with Gasteiger partial charge in [0.05, 0.1) is 25.4 Å². The summed E-state index contributed by atoms with van der Waals surface area (Å²) in [6, 6.07) is -1.83. The Labute approximate surface area is 179 Å². The van der Waals surface area contributed by atoms with Crippen molar-refractivity contribution in [3.63, 3.8) is 0 Å². The molecular formula is C18H34N2O11. The summed E-state index contributed by atoms with van der Waals surface area (Å²) in [5.74, 6) is -0.287. The van der Waals surface area contributed by atoms with E-state index in [1.807, 2.05) is 0 Å². The van der Waals surface area contributed by atoms with Crippen molar-refractivity contribution in [3.05, 3.63) is 0 Å². The van der Waals surface area contributed by atoms with Crippen LogP contribution in [-0.4, -0.2) is 129 Å². The summed E-state index contributed by atoms with van der Waals surface area (Å²) in [4.78, 5) is 0. The van der Waals surface area contributed by atoms with Crippen LogP contribution < -0.4 is 11.5 Å². The van der Waals surface area contributed by atoms with Gasteiger partial charge in [0.25, 0.3) is 0 Å². The normalized spacial score (nSPS) is 53.6. The molecule has 2 aliphatic heterocycles. The first kappa shape index (κ1) is 25.1. The van der Waals surface area contributed by atoms with Gasteiger partial charge in [0, 0.05) is 6.04 Å². The lowest BCUT2D eigenvalue weighted by molar-refractivity contribution is -0.304. The zero-order valence-corrected chi connectivity index (χ0v) is 17.1. The number of hydrogen-bond donors (Lipinski definition) is 9. The molecule has 0 bridgehead atoms. The molecule has 182 valence electrons. The Hall–Kier alpha value is -0.520. The van der Waals surface area contributed by atoms with E-state index >= 15 is 0 Å². The molecule has 3 aliphatic rings. The highest BCUT2D eigenvalue weighted by Crippen LogP contribution is 2.34. The van der Waals surface area contributed by atoms with E-state index in [2.05, 4.69) is 0 Å². The topological polar surface area (TPSA) is 231 Å². The smallest absolute Gasteiger partial charge is 0.187 e. The van der Waals surface area contributed by atoms with Crippen molar-refractivity contribution in [2.45, 2.75) is 92.9 Å². The highest BCUT2D eigenvalue weighted by atomic mass is 16.7. The third kappa shape index (κ3) is 4.89. The van der Waals surface area contributed by atoms with Crippen LogP contribution in [0.2, 0.25) is 0 Å². The average molecular weight is 454 g/mol. The van der Waals surface area contributed by atoms with Gasteiger partial charge in [-0.2, -0.15) is 0 Å². The van der Waals surface area contributed by atoms with Crippen LogP contribution in [0.15, 0.2) is 0 Å². The summed E-state index contributed by atoms with van der Waals surface area (Å²) in [6.07, 6.45) is -13.3. The van der Waals surface area contributed by atoms with Crippen molar-refractivity contribution in [3.8, 4) is 0 Å². The molecule has 5 unspecified atom stereocenters. The maximum absolute atomic E-state index is 10.9. The fraction of sp³-hybridized carbons (Fsp3) is 1.00. The Morgan fingerprint density at radius 1 is 0.742 bits per heavy atom. The van der Waals surface area contributed by atoms with Gasteiger partial charge < -0.3 is 66.2 Å². The zero-order chi connectivity index (χ0) is 23.0. The summed E-state index contributed by atoms with van der Waals surface area (Å²) in [7, 11) is 0. The molecule has 13 heteroatoms. The lowest BCUT2D eigenvalue weighted by atomic mass is 9.80. The van der Waals surface area contributed by atoms with Crippen LogP contribution in [0.3, 0.4) is 0 Å². The third-order valence-corrected chi connectivity index (χ3v) is 6.31. The highest BCUT2D eigenvalue weighted by Gasteiger charge is 2.51. The standard InChI is InChI=1S/C18H34N2O11/c1-5-2-6(19)16(31-17-9(20)12(25)10(23)7(3-21)28-17)14(27)15(5)30-18-13(26)11(24)8(4-22)29-18/h5-18,21-27H,2-4,19-20H2,1H3/t5-,6?,7?,8-,9?,10-,11+,12-,13?,14-,15?,16-,17-,18+/m1/s1. The summed E-state index contributed by atoms with van der Waals surface area (Å²) in [5, 5.41) is 69.6. The molecule has 0 amide bonds. The molecule has 11 N–H and O–H groups in total. The minimum atomic E-state index is -1.43. The Bertz CT molecular complexity index is 587. The number of aliphatic hydroxyl groups is 7. The van der Waals surface area contributed by atoms with E-state index in [0.29, 0.717) is 6.42 Å². The highest BCUT2D eigenvalue weighted by molar-refractivity contribution is 4.99. The monoisotopic (exact) mass is 454 g/mol. The van der Waals surface area contributed by atoms with E-state index in [1.54, 1.807) is 6.92 Å². The largest absolute Gasteiger partial charge is 0.394 e. The van der Waals surface area contributed by atoms with Crippen molar-refractivity contribution in [1.29, 1.82) is 0 Å². The summed E-state index contributed by atoms with van der Waals surface area (Å²) in [6.45, 7) is 0.669. The Morgan fingerprint density at radius 2 is 1.26 bits per heavy atom. The number of hydrogen-bond acceptors (Lipinski definition) is 13. The van der Waals surface area contributed by atoms with E-state index in [0.717, 1.165) is 0 Å². The number of nitrogens with two attached hydrogens (primary N) is 2. The van der Waals surface area contributed by atoms with Crippen LogP contribution in [0.1, 0.15) is 13.3 Å². The number of aliphatic hydroxyl groups excluding tert-OH is 7. The van der Waals surface area contributed by atoms with Crippen molar-refractivity contribution >= 4 is 0 Å². The Balaban J connectivity index is 1.70. The molecule has 0 radical (unpaired) electrons. The molecule has 0 aromatic heterocycles. The predicted molar refractivity (Wildman–Crippen MR) is 101 cm³/mol. The minimum absolute atomic E-state index is 0.287. The van der Waals surface area contributed by atoms with Crippen LogP contribution in [0.4, 0.5) is 0 Å². The fourth-order valence-electron chi connectivity index (χ4n) is 4.38. The molecule has 3 fully saturated rings. The van der Waals surface area contributed by atoms with Gasteiger partial charge in [-0.05, 0) is 12.3 Å². The average Bonchev–Trinajstić information content (AvgIpc) is 3.01. The third-order valence-electron chi connectivity index (χ3n) is 6.31. The molecule has 14 atom stereocenters. The summed E-state index contributed by atoms with van der Waals surface area (Å²) >= 11 is 0. The number of ether oxygens (including phenoxy) is 4. The first-order chi connectivity index (χ1) is 14.6. The van der Waals surface area contributed by atoms with Crippen molar-refractivity contribution in [1.82, 2.24) is 0 Å². The molecule has 0 aromatic rings. The van der Waals surface area contributed by atoms with Gasteiger partial charge in [-0.1, -0.05) is 6.92 Å². The minimum Gasteiger partial charge on any atom is -0.394 e. The molecule has 2 heterocycles. The van der Waals surface area contributed by atoms with Gasteiger partial charge in [-0.3, -0.25) is 0 Å². The summed E-state index contributed by atoms with van der Waals surface area (Å²) in [5.41, 5.74) is 12.1. The van der Waals surface area contributed by atoms with Crippen molar-refractivity contribution < 1.29 is 54.7 Å². The van der Waals surface area contributed by atoms with E-state index in [1.165, 1.54) is 0 Å². The zero-order valence-electron chi connectivity index (χ0n) is 17.1. The second kappa shape index (κ2) is 10.2. The second-order valence-corrected chi connectivity index (χ2v) is 8.56. The molecule has 2 saturated heterocycles. The van der Waals surface area contributed by atoms with Gasteiger partial charge >= 0.3 is 0 Å². The first-order valence-electron chi connectivity index (χ1n) is 10.4. The van der Waals surface area contributed by atoms with E-state index in [-0.39, 0.29) is 5.92 Å². The molecule has 0 aromatic carbocycles. The van der Waals surface area contributed by atoms with Gasteiger partial charge in [-0.15, -0.1) is 0 Å². The van der Waals surface area contributed by atoms with Crippen LogP contribution >= 0.6 is 0 Å². The molecule has 31 heavy (non-hydrogen) atoms. The quantitative estimate of drug-likeness (QED) is 0.183. The fourth-order valence-corrected chi connectivity index (χ4v) is 4.38. The van der Waals surface area contributed by atoms with Crippen LogP contribution in [0, 0.1) is 5.92 Å². The van der Waals surface area contributed by atoms with Crippen molar-refractivity contribution in [2.75, 3.05) is 13.2 Å². The van der Waals surface area contributed by atoms with Gasteiger partial charge in [-0.25, -0.2) is 0 Å². The number of rotatable bonds is 6. The SMILES string of the molecule is C[C@@H]1CC(N)[C@@H](O[C@H]2OC(CO)[C@@H](O)[C@H](O)C2N)[C@H](O)C1O[C@@H]1O[C@H](CO)[C@H](O)C1O. The first-order valence-corrected chi connectivity index (χ1v) is 10.4. The molecule has 3 rings (SSSR count). The maximum atomic E-state index is 10.9. The second-order valence-electron chi connectivity index (χ2n) is 8.56. The Morgan fingerprint density at radius 3 is 1.84 bits per heavy atom. The molecule has 0 spiro atoms. The lowest BCUT2D eigenvalue weighted by Crippen LogP contribution is -2.66. The van der Waals surface area contributed by atoms with Gasteiger partial charge in [0.2, 0.25) is 0 Å². The summed E-state index contributed by atoms with van der Waals surface area (Å²) < 4.78 is 22.3. The Kier molecular flexibility index (Phi) is 8.24. The van der Waals surface area contributed by atoms with E-state index < -0.39 is 92.8 Å². The van der Waals surface area contributed by atoms with Crippen molar-refractivity contribution in [2.24, 2.45) is 17.4 Å². The van der Waals surface area contributed by atoms with Gasteiger partial charge in [0.15, 0.2) is 12.6 Å². The predicted octanol–water partition coefficient (Wildman–Crippen LogP) is -5.31. The van der Waals surface area contributed by atoms with E-state index in [4.69, 9.17) is 30.4 Å². The maximum Gasteiger partial charge on any atom is 0.187 e.